The third-order valence-corrected chi connectivity index (χ3v) is 5.16. The number of rotatable bonds is 4. The van der Waals surface area contributed by atoms with Crippen molar-refractivity contribution in [1.29, 1.82) is 0 Å². The first-order chi connectivity index (χ1) is 8.96. The Hall–Kier alpha value is -1.45. The van der Waals surface area contributed by atoms with E-state index in [4.69, 9.17) is 0 Å². The van der Waals surface area contributed by atoms with E-state index in [1.807, 2.05) is 4.98 Å². The lowest BCUT2D eigenvalue weighted by Crippen LogP contribution is -2.43. The Kier molecular flexibility index (Phi) is 3.88. The first kappa shape index (κ1) is 14.0. The van der Waals surface area contributed by atoms with Crippen LogP contribution in [0.25, 0.3) is 0 Å². The van der Waals surface area contributed by atoms with Crippen molar-refractivity contribution in [2.75, 3.05) is 19.6 Å². The highest BCUT2D eigenvalue weighted by Crippen LogP contribution is 2.17. The highest BCUT2D eigenvalue weighted by atomic mass is 32.2. The largest absolute Gasteiger partial charge is 0.325 e. The summed E-state index contributed by atoms with van der Waals surface area (Å²) in [5, 5.41) is 3.08. The Bertz CT molecular complexity index is 657. The van der Waals surface area contributed by atoms with Gasteiger partial charge in [-0.1, -0.05) is 6.92 Å². The molecule has 0 aromatic carbocycles. The summed E-state index contributed by atoms with van der Waals surface area (Å²) < 4.78 is 26.2. The van der Waals surface area contributed by atoms with E-state index in [1.165, 1.54) is 4.31 Å². The molecule has 1 aromatic heterocycles. The summed E-state index contributed by atoms with van der Waals surface area (Å²) in [6, 6.07) is -0.165. The minimum atomic E-state index is -3.90. The molecule has 1 saturated heterocycles. The van der Waals surface area contributed by atoms with Crippen molar-refractivity contribution in [1.82, 2.24) is 19.6 Å². The summed E-state index contributed by atoms with van der Waals surface area (Å²) in [6.45, 7) is 3.30. The average Bonchev–Trinajstić information content (AvgIpc) is 2.82. The van der Waals surface area contributed by atoms with E-state index in [9.17, 15) is 18.0 Å². The molecule has 2 heterocycles. The SMILES string of the molecule is CCN(C1CCNC1)S(=O)(=O)c1c[nH]c(=O)[nH]c1=O. The highest BCUT2D eigenvalue weighted by molar-refractivity contribution is 7.89. The van der Waals surface area contributed by atoms with E-state index in [-0.39, 0.29) is 12.6 Å². The molecule has 106 valence electrons. The number of nitrogens with zero attached hydrogens (tertiary/aromatic N) is 1. The van der Waals surface area contributed by atoms with Crippen molar-refractivity contribution >= 4 is 10.0 Å². The zero-order chi connectivity index (χ0) is 14.0. The quantitative estimate of drug-likeness (QED) is 0.619. The Balaban J connectivity index is 2.45. The molecule has 1 unspecified atom stereocenters. The Morgan fingerprint density at radius 1 is 1.42 bits per heavy atom. The second-order valence-corrected chi connectivity index (χ2v) is 6.15. The topological polar surface area (TPSA) is 115 Å². The van der Waals surface area contributed by atoms with Gasteiger partial charge in [0.15, 0.2) is 4.90 Å². The lowest BCUT2D eigenvalue weighted by Gasteiger charge is -2.25. The van der Waals surface area contributed by atoms with Crippen LogP contribution in [0, 0.1) is 0 Å². The van der Waals surface area contributed by atoms with Crippen LogP contribution in [-0.2, 0) is 10.0 Å². The van der Waals surface area contributed by atoms with Crippen LogP contribution in [0.3, 0.4) is 0 Å². The maximum atomic E-state index is 12.4. The molecule has 0 aliphatic carbocycles. The van der Waals surface area contributed by atoms with Crippen LogP contribution < -0.4 is 16.6 Å². The van der Waals surface area contributed by atoms with Crippen LogP contribution in [0.2, 0.25) is 0 Å². The molecule has 1 aliphatic heterocycles. The fourth-order valence-electron chi connectivity index (χ4n) is 2.23. The van der Waals surface area contributed by atoms with E-state index in [2.05, 4.69) is 10.3 Å². The summed E-state index contributed by atoms with van der Waals surface area (Å²) in [7, 11) is -3.90. The first-order valence-corrected chi connectivity index (χ1v) is 7.45. The van der Waals surface area contributed by atoms with Crippen molar-refractivity contribution in [3.8, 4) is 0 Å². The third kappa shape index (κ3) is 2.62. The molecule has 0 radical (unpaired) electrons. The predicted octanol–water partition coefficient (Wildman–Crippen LogP) is -1.56. The van der Waals surface area contributed by atoms with Gasteiger partial charge in [0.2, 0.25) is 10.0 Å². The summed E-state index contributed by atoms with van der Waals surface area (Å²) in [6.07, 6.45) is 1.65. The van der Waals surface area contributed by atoms with Crippen LogP contribution >= 0.6 is 0 Å². The lowest BCUT2D eigenvalue weighted by molar-refractivity contribution is 0.348. The van der Waals surface area contributed by atoms with E-state index in [0.29, 0.717) is 13.0 Å². The molecule has 2 rings (SSSR count). The second-order valence-electron chi connectivity index (χ2n) is 4.29. The molecule has 0 spiro atoms. The van der Waals surface area contributed by atoms with Gasteiger partial charge < -0.3 is 10.3 Å². The smallest absolute Gasteiger partial charge is 0.315 e. The van der Waals surface area contributed by atoms with Gasteiger partial charge >= 0.3 is 5.69 Å². The van der Waals surface area contributed by atoms with Crippen molar-refractivity contribution in [3.05, 3.63) is 27.0 Å². The number of aromatic amines is 2. The molecule has 1 atom stereocenters. The molecule has 0 amide bonds. The van der Waals surface area contributed by atoms with E-state index >= 15 is 0 Å². The number of sulfonamides is 1. The van der Waals surface area contributed by atoms with Crippen molar-refractivity contribution in [2.45, 2.75) is 24.3 Å². The van der Waals surface area contributed by atoms with Gasteiger partial charge in [-0.05, 0) is 13.0 Å². The zero-order valence-electron chi connectivity index (χ0n) is 10.5. The molecule has 8 nitrogen and oxygen atoms in total. The van der Waals surface area contributed by atoms with E-state index < -0.39 is 26.2 Å². The van der Waals surface area contributed by atoms with Gasteiger partial charge in [0.05, 0.1) is 0 Å². The Labute approximate surface area is 109 Å². The minimum absolute atomic E-state index is 0.165. The molecular weight excluding hydrogens is 272 g/mol. The van der Waals surface area contributed by atoms with Crippen LogP contribution in [0.4, 0.5) is 0 Å². The van der Waals surface area contributed by atoms with Gasteiger partial charge in [0.1, 0.15) is 0 Å². The molecule has 19 heavy (non-hydrogen) atoms. The van der Waals surface area contributed by atoms with Crippen LogP contribution in [-0.4, -0.2) is 48.4 Å². The third-order valence-electron chi connectivity index (χ3n) is 3.13. The van der Waals surface area contributed by atoms with Crippen LogP contribution in [0.15, 0.2) is 20.7 Å². The number of likely N-dealkylation sites (N-methyl/N-ethyl adjacent to an activating group) is 1. The fraction of sp³-hybridized carbons (Fsp3) is 0.600. The molecule has 1 fully saturated rings. The second kappa shape index (κ2) is 5.27. The molecule has 1 aliphatic rings. The monoisotopic (exact) mass is 288 g/mol. The van der Waals surface area contributed by atoms with Crippen molar-refractivity contribution in [3.63, 3.8) is 0 Å². The first-order valence-electron chi connectivity index (χ1n) is 6.01. The normalized spacial score (nSPS) is 20.0. The number of nitrogens with one attached hydrogen (secondary N) is 3. The molecule has 1 aromatic rings. The average molecular weight is 288 g/mol. The summed E-state index contributed by atoms with van der Waals surface area (Å²) in [4.78, 5) is 26.2. The fourth-order valence-corrected chi connectivity index (χ4v) is 3.88. The number of hydrogen-bond acceptors (Lipinski definition) is 5. The van der Waals surface area contributed by atoms with Gasteiger partial charge in [-0.25, -0.2) is 13.2 Å². The molecular formula is C10H16N4O4S. The maximum absolute atomic E-state index is 12.4. The van der Waals surface area contributed by atoms with Crippen LogP contribution in [0.1, 0.15) is 13.3 Å². The molecule has 0 bridgehead atoms. The minimum Gasteiger partial charge on any atom is -0.315 e. The van der Waals surface area contributed by atoms with Crippen molar-refractivity contribution < 1.29 is 8.42 Å². The summed E-state index contributed by atoms with van der Waals surface area (Å²) in [5.74, 6) is 0. The van der Waals surface area contributed by atoms with Crippen LogP contribution in [0.5, 0.6) is 0 Å². The zero-order valence-corrected chi connectivity index (χ0v) is 11.3. The van der Waals surface area contributed by atoms with Crippen molar-refractivity contribution in [2.24, 2.45) is 0 Å². The summed E-state index contributed by atoms with van der Waals surface area (Å²) in [5.41, 5.74) is -1.62. The van der Waals surface area contributed by atoms with Gasteiger partial charge in [-0.3, -0.25) is 9.78 Å². The molecule has 0 saturated carbocycles. The van der Waals surface area contributed by atoms with Gasteiger partial charge in [-0.15, -0.1) is 0 Å². The van der Waals surface area contributed by atoms with Gasteiger partial charge in [0, 0.05) is 25.3 Å². The van der Waals surface area contributed by atoms with E-state index in [1.54, 1.807) is 6.92 Å². The lowest BCUT2D eigenvalue weighted by atomic mass is 10.3. The Morgan fingerprint density at radius 2 is 2.16 bits per heavy atom. The predicted molar refractivity (Wildman–Crippen MR) is 68.5 cm³/mol. The molecule has 9 heteroatoms. The maximum Gasteiger partial charge on any atom is 0.325 e. The number of hydrogen-bond donors (Lipinski definition) is 3. The molecule has 3 N–H and O–H groups in total. The number of H-pyrrole nitrogens is 2. The standard InChI is InChI=1S/C10H16N4O4S/c1-2-14(7-3-4-11-5-7)19(17,18)8-6-12-10(16)13-9(8)15/h6-7,11H,2-5H2,1H3,(H2,12,13,15,16). The van der Waals surface area contributed by atoms with Gasteiger partial charge in [0.25, 0.3) is 5.56 Å². The van der Waals surface area contributed by atoms with E-state index in [0.717, 1.165) is 12.7 Å². The summed E-state index contributed by atoms with van der Waals surface area (Å²) >= 11 is 0. The Morgan fingerprint density at radius 3 is 2.68 bits per heavy atom. The highest BCUT2D eigenvalue weighted by Gasteiger charge is 2.33. The number of aromatic nitrogens is 2. The van der Waals surface area contributed by atoms with Gasteiger partial charge in [-0.2, -0.15) is 4.31 Å².